The molecule has 0 spiro atoms. The number of hydrogen-bond donors (Lipinski definition) is 1. The van der Waals surface area contributed by atoms with E-state index >= 15 is 0 Å². The van der Waals surface area contributed by atoms with Crippen LogP contribution in [0.15, 0.2) is 15.8 Å². The van der Waals surface area contributed by atoms with Crippen molar-refractivity contribution in [3.63, 3.8) is 0 Å². The van der Waals surface area contributed by atoms with Crippen molar-refractivity contribution in [3.8, 4) is 12.3 Å². The monoisotopic (exact) mass is 657 g/mol. The quantitative estimate of drug-likeness (QED) is 0.0962. The van der Waals surface area contributed by atoms with Gasteiger partial charge in [0.1, 0.15) is 31.1 Å². The normalized spacial score (nSPS) is 18.0. The fourth-order valence-electron chi connectivity index (χ4n) is 5.73. The molecule has 0 bridgehead atoms. The number of carbonyl (C=O) groups is 1. The topological polar surface area (TPSA) is 103 Å². The zero-order valence-electron chi connectivity index (χ0n) is 27.7. The smallest absolute Gasteiger partial charge is 0.423 e. The van der Waals surface area contributed by atoms with Crippen LogP contribution in [0.5, 0.6) is 0 Å². The molecule has 3 atom stereocenters. The van der Waals surface area contributed by atoms with Gasteiger partial charge in [-0.15, -0.1) is 6.42 Å². The Morgan fingerprint density at radius 1 is 0.978 bits per heavy atom. The fourth-order valence-corrected chi connectivity index (χ4v) is 5.73. The Labute approximate surface area is 271 Å². The van der Waals surface area contributed by atoms with E-state index in [9.17, 15) is 27.6 Å². The maximum Gasteiger partial charge on any atom is 0.423 e. The van der Waals surface area contributed by atoms with Gasteiger partial charge in [0.15, 0.2) is 0 Å². The van der Waals surface area contributed by atoms with Crippen LogP contribution in [0.3, 0.4) is 0 Å². The molecule has 2 rings (SSSR count). The Morgan fingerprint density at radius 3 is 2.02 bits per heavy atom. The molecule has 1 aliphatic rings. The van der Waals surface area contributed by atoms with E-state index in [1.165, 1.54) is 83.5 Å². The molecule has 0 aromatic carbocycles. The second kappa shape index (κ2) is 21.9. The maximum absolute atomic E-state index is 13.3. The first-order valence-corrected chi connectivity index (χ1v) is 17.2. The number of alkyl halides is 3. The van der Waals surface area contributed by atoms with Gasteiger partial charge in [0, 0.05) is 25.7 Å². The SMILES string of the molecule is C#CCO[C@H]1C[C@H](n2cc(C(F)(F)F)c(=O)[nH]c2=O)O[C@@H]1COC(=O)N(CC)CCCCCCCCCCCCCCCCCC. The Kier molecular flexibility index (Phi) is 18.8. The average molecular weight is 658 g/mol. The van der Waals surface area contributed by atoms with Crippen LogP contribution < -0.4 is 11.2 Å². The number of aromatic amines is 1. The van der Waals surface area contributed by atoms with Gasteiger partial charge in [0.05, 0.1) is 6.10 Å². The van der Waals surface area contributed by atoms with Gasteiger partial charge in [0.25, 0.3) is 5.56 Å². The number of terminal acetylenes is 1. The summed E-state index contributed by atoms with van der Waals surface area (Å²) in [5, 5.41) is 0. The summed E-state index contributed by atoms with van der Waals surface area (Å²) in [4.78, 5) is 40.1. The first-order valence-electron chi connectivity index (χ1n) is 17.2. The zero-order valence-corrected chi connectivity index (χ0v) is 27.7. The summed E-state index contributed by atoms with van der Waals surface area (Å²) in [6.07, 6.45) is 17.6. The molecule has 9 nitrogen and oxygen atoms in total. The predicted octanol–water partition coefficient (Wildman–Crippen LogP) is 7.58. The summed E-state index contributed by atoms with van der Waals surface area (Å²) < 4.78 is 57.3. The van der Waals surface area contributed by atoms with Crippen molar-refractivity contribution in [2.45, 2.75) is 148 Å². The number of nitrogens with zero attached hydrogens (tertiary/aromatic N) is 2. The number of nitrogens with one attached hydrogen (secondary N) is 1. The van der Waals surface area contributed by atoms with Crippen LogP contribution in [0.25, 0.3) is 0 Å². The molecule has 1 aliphatic heterocycles. The first kappa shape index (κ1) is 39.4. The van der Waals surface area contributed by atoms with Gasteiger partial charge in [-0.3, -0.25) is 14.3 Å². The predicted molar refractivity (Wildman–Crippen MR) is 172 cm³/mol. The number of aromatic nitrogens is 2. The Balaban J connectivity index is 1.70. The van der Waals surface area contributed by atoms with E-state index in [0.717, 1.165) is 19.3 Å². The van der Waals surface area contributed by atoms with Crippen LogP contribution in [-0.2, 0) is 20.4 Å². The van der Waals surface area contributed by atoms with Gasteiger partial charge in [0.2, 0.25) is 0 Å². The van der Waals surface area contributed by atoms with E-state index in [2.05, 4.69) is 12.8 Å². The lowest BCUT2D eigenvalue weighted by Crippen LogP contribution is -2.37. The van der Waals surface area contributed by atoms with E-state index < -0.39 is 47.5 Å². The number of halogens is 3. The third-order valence-electron chi connectivity index (χ3n) is 8.44. The van der Waals surface area contributed by atoms with Crippen molar-refractivity contribution in [1.82, 2.24) is 14.5 Å². The highest BCUT2D eigenvalue weighted by Gasteiger charge is 2.41. The molecule has 0 radical (unpaired) electrons. The standard InChI is InChI=1S/C34H54F3N3O6/c1-4-7-8-9-10-11-12-13-14-15-16-17-18-19-20-21-22-39(6-3)33(43)45-26-29-28(44-23-5-2)24-30(46-29)40-25-27(34(35,36)37)31(41)38-32(40)42/h2,25,28-30H,4,6-24,26H2,1,3H3,(H,38,41,42)/t28-,29+,30+/m0/s1. The van der Waals surface area contributed by atoms with Crippen LogP contribution in [0.2, 0.25) is 0 Å². The minimum Gasteiger partial charge on any atom is -0.447 e. The number of hydrogen-bond acceptors (Lipinski definition) is 6. The molecule has 1 aromatic heterocycles. The molecule has 46 heavy (non-hydrogen) atoms. The van der Waals surface area contributed by atoms with Gasteiger partial charge >= 0.3 is 18.0 Å². The van der Waals surface area contributed by atoms with Crippen molar-refractivity contribution >= 4 is 6.09 Å². The van der Waals surface area contributed by atoms with Gasteiger partial charge in [-0.2, -0.15) is 13.2 Å². The minimum absolute atomic E-state index is 0.0379. The molecule has 1 saturated heterocycles. The molecular weight excluding hydrogens is 603 g/mol. The summed E-state index contributed by atoms with van der Waals surface area (Å²) in [5.74, 6) is 2.31. The molecule has 0 saturated carbocycles. The number of H-pyrrole nitrogens is 1. The Hall–Kier alpha value is -2.78. The van der Waals surface area contributed by atoms with E-state index in [1.54, 1.807) is 9.88 Å². The summed E-state index contributed by atoms with van der Waals surface area (Å²) in [5.41, 5.74) is -4.13. The van der Waals surface area contributed by atoms with Crippen LogP contribution in [-0.4, -0.2) is 59.1 Å². The van der Waals surface area contributed by atoms with E-state index in [-0.39, 0.29) is 19.6 Å². The number of unbranched alkanes of at least 4 members (excludes halogenated alkanes) is 15. The second-order valence-corrected chi connectivity index (χ2v) is 12.1. The van der Waals surface area contributed by atoms with Gasteiger partial charge in [-0.25, -0.2) is 9.59 Å². The van der Waals surface area contributed by atoms with E-state index in [4.69, 9.17) is 20.6 Å². The molecule has 0 unspecified atom stereocenters. The van der Waals surface area contributed by atoms with E-state index in [1.807, 2.05) is 6.92 Å². The molecule has 262 valence electrons. The van der Waals surface area contributed by atoms with Gasteiger partial charge < -0.3 is 19.1 Å². The number of rotatable bonds is 23. The number of ether oxygens (including phenoxy) is 3. The molecular formula is C34H54F3N3O6. The molecule has 1 aromatic rings. The van der Waals surface area contributed by atoms with Crippen molar-refractivity contribution in [2.24, 2.45) is 0 Å². The number of carbonyl (C=O) groups excluding carboxylic acids is 1. The highest BCUT2D eigenvalue weighted by atomic mass is 19.4. The largest absolute Gasteiger partial charge is 0.447 e. The maximum atomic E-state index is 13.3. The van der Waals surface area contributed by atoms with Crippen molar-refractivity contribution in [2.75, 3.05) is 26.3 Å². The summed E-state index contributed by atoms with van der Waals surface area (Å²) in [6, 6.07) is 0. The summed E-state index contributed by atoms with van der Waals surface area (Å²) >= 11 is 0. The lowest BCUT2D eigenvalue weighted by atomic mass is 10.0. The molecule has 1 fully saturated rings. The second-order valence-electron chi connectivity index (χ2n) is 12.1. The average Bonchev–Trinajstić information content (AvgIpc) is 3.42. The molecule has 2 heterocycles. The van der Waals surface area contributed by atoms with Gasteiger partial charge in [-0.05, 0) is 13.3 Å². The third-order valence-corrected chi connectivity index (χ3v) is 8.44. The third kappa shape index (κ3) is 14.3. The lowest BCUT2D eigenvalue weighted by molar-refractivity contribution is -0.139. The fraction of sp³-hybridized carbons (Fsp3) is 0.794. The van der Waals surface area contributed by atoms with Crippen LogP contribution >= 0.6 is 0 Å². The summed E-state index contributed by atoms with van der Waals surface area (Å²) in [6.45, 7) is 4.75. The highest BCUT2D eigenvalue weighted by molar-refractivity contribution is 5.67. The van der Waals surface area contributed by atoms with Crippen LogP contribution in [0.4, 0.5) is 18.0 Å². The lowest BCUT2D eigenvalue weighted by Gasteiger charge is -2.23. The molecule has 12 heteroatoms. The van der Waals surface area contributed by atoms with Crippen LogP contribution in [0, 0.1) is 12.3 Å². The van der Waals surface area contributed by atoms with E-state index in [0.29, 0.717) is 23.9 Å². The first-order chi connectivity index (χ1) is 22.1. The zero-order chi connectivity index (χ0) is 33.8. The summed E-state index contributed by atoms with van der Waals surface area (Å²) in [7, 11) is 0. The molecule has 1 N–H and O–H groups in total. The molecule has 1 amide bonds. The van der Waals surface area contributed by atoms with Crippen molar-refractivity contribution < 1.29 is 32.2 Å². The highest BCUT2D eigenvalue weighted by Crippen LogP contribution is 2.32. The van der Waals surface area contributed by atoms with Crippen molar-refractivity contribution in [3.05, 3.63) is 32.6 Å². The Morgan fingerprint density at radius 2 is 1.52 bits per heavy atom. The van der Waals surface area contributed by atoms with Crippen LogP contribution in [0.1, 0.15) is 135 Å². The minimum atomic E-state index is -4.97. The Bertz CT molecular complexity index is 1160. The molecule has 0 aliphatic carbocycles. The van der Waals surface area contributed by atoms with Gasteiger partial charge in [-0.1, -0.05) is 109 Å². The number of amides is 1. The van der Waals surface area contributed by atoms with Crippen molar-refractivity contribution in [1.29, 1.82) is 0 Å².